The largest absolute Gasteiger partial charge is 0.410 e. The summed E-state index contributed by atoms with van der Waals surface area (Å²) in [5.74, 6) is 13.0. The van der Waals surface area contributed by atoms with Crippen LogP contribution in [0.4, 0.5) is 0 Å². The lowest BCUT2D eigenvalue weighted by Gasteiger charge is -2.46. The fraction of sp³-hybridized carbons (Fsp3) is 0.829. The Labute approximate surface area is 272 Å². The highest BCUT2D eigenvalue weighted by atomic mass is 28.4. The lowest BCUT2D eigenvalue weighted by Crippen LogP contribution is -2.56. The van der Waals surface area contributed by atoms with Crippen LogP contribution in [0.2, 0.25) is 54.4 Å². The maximum Gasteiger partial charge on any atom is 0.194 e. The van der Waals surface area contributed by atoms with Crippen LogP contribution in [0.15, 0.2) is 11.6 Å². The second-order valence-electron chi connectivity index (χ2n) is 18.2. The van der Waals surface area contributed by atoms with E-state index in [0.717, 1.165) is 5.57 Å². The molecule has 2 aliphatic carbocycles. The van der Waals surface area contributed by atoms with Gasteiger partial charge in [-0.3, -0.25) is 0 Å². The Morgan fingerprint density at radius 1 is 0.841 bits per heavy atom. The molecule has 250 valence electrons. The molecule has 0 unspecified atom stereocenters. The predicted molar refractivity (Wildman–Crippen MR) is 188 cm³/mol. The molecule has 44 heavy (non-hydrogen) atoms. The van der Waals surface area contributed by atoms with Gasteiger partial charge in [-0.05, 0) is 74.3 Å². The molecule has 0 aromatic rings. The quantitative estimate of drug-likeness (QED) is 0.169. The van der Waals surface area contributed by atoms with Crippen molar-refractivity contribution in [2.24, 2.45) is 0 Å². The maximum absolute atomic E-state index is 12.0. The second kappa shape index (κ2) is 11.8. The molecule has 1 heterocycles. The Morgan fingerprint density at radius 3 is 1.84 bits per heavy atom. The maximum atomic E-state index is 12.0. The molecule has 0 spiro atoms. The lowest BCUT2D eigenvalue weighted by atomic mass is 9.90. The van der Waals surface area contributed by atoms with Crippen molar-refractivity contribution in [2.75, 3.05) is 6.61 Å². The zero-order valence-corrected chi connectivity index (χ0v) is 33.9. The van der Waals surface area contributed by atoms with Crippen molar-refractivity contribution in [1.82, 2.24) is 0 Å². The van der Waals surface area contributed by atoms with Crippen molar-refractivity contribution in [3.63, 3.8) is 0 Å². The first kappa shape index (κ1) is 37.7. The third-order valence-electron chi connectivity index (χ3n) is 11.0. The molecule has 9 heteroatoms. The van der Waals surface area contributed by atoms with Gasteiger partial charge in [0.05, 0.1) is 19.1 Å². The van der Waals surface area contributed by atoms with E-state index in [-0.39, 0.29) is 21.2 Å². The fourth-order valence-corrected chi connectivity index (χ4v) is 9.31. The molecule has 0 amide bonds. The first-order chi connectivity index (χ1) is 19.5. The molecule has 0 aromatic carbocycles. The summed E-state index contributed by atoms with van der Waals surface area (Å²) in [7, 11) is -6.91. The van der Waals surface area contributed by atoms with Crippen LogP contribution in [0.1, 0.15) is 89.0 Å². The molecule has 1 aliphatic heterocycles. The van der Waals surface area contributed by atoms with Gasteiger partial charge in [-0.1, -0.05) is 86.0 Å². The van der Waals surface area contributed by atoms with Crippen LogP contribution in [-0.2, 0) is 22.8 Å². The van der Waals surface area contributed by atoms with E-state index >= 15 is 0 Å². The zero-order valence-electron chi connectivity index (χ0n) is 30.9. The van der Waals surface area contributed by atoms with Gasteiger partial charge in [0.1, 0.15) is 17.8 Å². The van der Waals surface area contributed by atoms with E-state index in [0.29, 0.717) is 19.4 Å². The van der Waals surface area contributed by atoms with Crippen molar-refractivity contribution >= 4 is 25.0 Å². The molecule has 1 N–H and O–H groups in total. The van der Waals surface area contributed by atoms with Gasteiger partial charge in [0.15, 0.2) is 36.3 Å². The summed E-state index contributed by atoms with van der Waals surface area (Å²) in [5, 5.41) is 11.9. The smallest absolute Gasteiger partial charge is 0.194 e. The number of fused-ring (bicyclic) bond motifs is 1. The first-order valence-corrected chi connectivity index (χ1v) is 25.0. The topological polar surface area (TPSA) is 66.4 Å². The van der Waals surface area contributed by atoms with Gasteiger partial charge < -0.3 is 27.9 Å². The van der Waals surface area contributed by atoms with Crippen LogP contribution in [0, 0.1) is 23.7 Å². The zero-order chi connectivity index (χ0) is 34.0. The summed E-state index contributed by atoms with van der Waals surface area (Å²) >= 11 is 0. The lowest BCUT2D eigenvalue weighted by molar-refractivity contribution is -0.157. The van der Waals surface area contributed by atoms with Gasteiger partial charge in [-0.15, -0.1) is 0 Å². The second-order valence-corrected chi connectivity index (χ2v) is 32.4. The highest BCUT2D eigenvalue weighted by Gasteiger charge is 2.57. The average Bonchev–Trinajstić information content (AvgIpc) is 3.34. The SMILES string of the molecule is CC1(C)OC[C@H]([C@@]2(O[Si](C)(C)C(C)(C)C)CC#C[C@@H](O)[C@@]3(O[Si](C)(C)C(C)(C)C)C[C@H](O[Si](C)(C)C(C)(C)C)C=C3C#[13C]2)O1. The van der Waals surface area contributed by atoms with E-state index in [9.17, 15) is 5.11 Å². The Bertz CT molecular complexity index is 1240. The Hall–Kier alpha value is -0.729. The molecule has 3 rings (SSSR count). The minimum Gasteiger partial charge on any atom is -0.410 e. The first-order valence-electron chi connectivity index (χ1n) is 16.3. The van der Waals surface area contributed by atoms with Gasteiger partial charge in [-0.25, -0.2) is 0 Å². The minimum atomic E-state index is -2.40. The van der Waals surface area contributed by atoms with Gasteiger partial charge in [0, 0.05) is 12.0 Å². The third-order valence-corrected chi connectivity index (χ3v) is 24.5. The monoisotopic (exact) mass is 663 g/mol. The number of rotatable bonds is 7. The van der Waals surface area contributed by atoms with E-state index in [1.807, 2.05) is 13.8 Å². The van der Waals surface area contributed by atoms with Crippen LogP contribution >= 0.6 is 0 Å². The molecule has 3 aliphatic rings. The summed E-state index contributed by atoms with van der Waals surface area (Å²) < 4.78 is 33.9. The van der Waals surface area contributed by atoms with E-state index in [1.54, 1.807) is 0 Å². The van der Waals surface area contributed by atoms with E-state index in [4.69, 9.17) is 22.8 Å². The molecular formula is C35H62O6Si3. The number of aliphatic hydroxyl groups excluding tert-OH is 1. The normalized spacial score (nSPS) is 31.5. The Morgan fingerprint density at radius 2 is 1.36 bits per heavy atom. The van der Waals surface area contributed by atoms with Gasteiger partial charge in [0.2, 0.25) is 0 Å². The Balaban J connectivity index is 2.27. The van der Waals surface area contributed by atoms with Crippen LogP contribution in [-0.4, -0.2) is 72.0 Å². The summed E-state index contributed by atoms with van der Waals surface area (Å²) in [6.07, 6.45) is 1.09. The minimum absolute atomic E-state index is 0.0286. The molecule has 1 saturated heterocycles. The van der Waals surface area contributed by atoms with Crippen molar-refractivity contribution in [2.45, 2.75) is 179 Å². The van der Waals surface area contributed by atoms with Crippen molar-refractivity contribution < 1.29 is 27.9 Å². The summed E-state index contributed by atoms with van der Waals surface area (Å²) in [4.78, 5) is 0. The van der Waals surface area contributed by atoms with Crippen LogP contribution < -0.4 is 0 Å². The standard InChI is InChI=1S/C35H62O6Si3/c1-30(2,3)42(12,13)39-27-23-26-20-22-34(29-25-37-33(10,11)38-29,40-43(14,15)31(4,5)6)21-18-19-28(36)35(26,24-27)41-44(16,17)32(7,8)9/h23,27-29,36H,21,24-25H2,1-17H3/t27-,28-,29-,34-,35-/m1/s1/i22+1. The molecule has 5 atom stereocenters. The van der Waals surface area contributed by atoms with Gasteiger partial charge in [-0.2, -0.15) is 0 Å². The van der Waals surface area contributed by atoms with Gasteiger partial charge >= 0.3 is 0 Å². The number of hydrogen-bond donors (Lipinski definition) is 1. The molecule has 0 radical (unpaired) electrons. The number of aliphatic hydroxyl groups is 1. The molecule has 1 fully saturated rings. The summed E-state index contributed by atoms with van der Waals surface area (Å²) in [6.45, 7) is 37.7. The molecule has 6 nitrogen and oxygen atoms in total. The average molecular weight is 664 g/mol. The fourth-order valence-electron chi connectivity index (χ4n) is 5.05. The molecular weight excluding hydrogens is 602 g/mol. The summed E-state index contributed by atoms with van der Waals surface area (Å²) in [6, 6.07) is 0. The molecule has 0 aromatic heterocycles. The van der Waals surface area contributed by atoms with E-state index in [1.165, 1.54) is 0 Å². The van der Waals surface area contributed by atoms with Crippen molar-refractivity contribution in [3.05, 3.63) is 11.6 Å². The number of ether oxygens (including phenoxy) is 2. The van der Waals surface area contributed by atoms with Crippen LogP contribution in [0.25, 0.3) is 0 Å². The highest BCUT2D eigenvalue weighted by Crippen LogP contribution is 2.49. The van der Waals surface area contributed by atoms with Gasteiger partial charge in [0.25, 0.3) is 0 Å². The highest BCUT2D eigenvalue weighted by molar-refractivity contribution is 6.75. The predicted octanol–water partition coefficient (Wildman–Crippen LogP) is 8.15. The summed E-state index contributed by atoms with van der Waals surface area (Å²) in [5.41, 5.74) is -1.42. The third kappa shape index (κ3) is 7.53. The number of hydrogen-bond acceptors (Lipinski definition) is 6. The molecule has 0 bridgehead atoms. The van der Waals surface area contributed by atoms with Crippen LogP contribution in [0.5, 0.6) is 0 Å². The molecule has 0 saturated carbocycles. The Kier molecular flexibility index (Phi) is 10.1. The van der Waals surface area contributed by atoms with Crippen molar-refractivity contribution in [1.29, 1.82) is 0 Å². The van der Waals surface area contributed by atoms with Crippen LogP contribution in [0.3, 0.4) is 0 Å². The van der Waals surface area contributed by atoms with Crippen molar-refractivity contribution in [3.8, 4) is 23.7 Å². The van der Waals surface area contributed by atoms with E-state index in [2.05, 4.69) is 131 Å². The van der Waals surface area contributed by atoms with E-state index < -0.39 is 54.1 Å².